The number of hydrogen-bond donors (Lipinski definition) is 1. The first-order valence-corrected chi connectivity index (χ1v) is 17.1. The minimum Gasteiger partial charge on any atom is -0.241 e. The lowest BCUT2D eigenvalue weighted by Gasteiger charge is -2.52. The molecule has 0 spiro atoms. The van der Waals surface area contributed by atoms with E-state index in [0.29, 0.717) is 0 Å². The lowest BCUT2D eigenvalue weighted by Crippen LogP contribution is -2.63. The van der Waals surface area contributed by atoms with Crippen LogP contribution in [-0.4, -0.2) is 35.8 Å². The topological polar surface area (TPSA) is 18.5 Å². The first kappa shape index (κ1) is 24.9. The summed E-state index contributed by atoms with van der Waals surface area (Å²) in [6, 6.07) is 0.795. The summed E-state index contributed by atoms with van der Waals surface area (Å²) in [6.07, 6.45) is 30.7. The number of nitrogens with one attached hydrogen (secondary N) is 1. The molecule has 204 valence electrons. The van der Waals surface area contributed by atoms with Gasteiger partial charge >= 0.3 is 0 Å². The summed E-state index contributed by atoms with van der Waals surface area (Å²) in [4.78, 5) is 0. The third-order valence-corrected chi connectivity index (χ3v) is 13.3. The lowest BCUT2D eigenvalue weighted by atomic mass is 9.63. The molecule has 7 fully saturated rings. The molecule has 3 saturated heterocycles. The van der Waals surface area contributed by atoms with Crippen molar-refractivity contribution in [1.82, 2.24) is 15.6 Å². The Bertz CT molecular complexity index is 724. The van der Waals surface area contributed by atoms with Crippen molar-refractivity contribution < 1.29 is 0 Å². The van der Waals surface area contributed by atoms with Crippen molar-refractivity contribution in [3.05, 3.63) is 0 Å². The van der Waals surface area contributed by atoms with Crippen molar-refractivity contribution in [2.45, 2.75) is 134 Å². The van der Waals surface area contributed by atoms with E-state index in [1.54, 1.807) is 51.4 Å². The second-order valence-corrected chi connectivity index (χ2v) is 14.9. The summed E-state index contributed by atoms with van der Waals surface area (Å²) in [5, 5.41) is 5.63. The molecular formula is C33H57N3. The monoisotopic (exact) mass is 495 g/mol. The molecule has 3 nitrogen and oxygen atoms in total. The predicted molar refractivity (Wildman–Crippen MR) is 149 cm³/mol. The fraction of sp³-hybridized carbons (Fsp3) is 1.00. The summed E-state index contributed by atoms with van der Waals surface area (Å²) in [7, 11) is 0. The summed E-state index contributed by atoms with van der Waals surface area (Å²) >= 11 is 0. The summed E-state index contributed by atoms with van der Waals surface area (Å²) in [5.74, 6) is 9.30. The summed E-state index contributed by atoms with van der Waals surface area (Å²) < 4.78 is 0. The van der Waals surface area contributed by atoms with Crippen LogP contribution in [0.15, 0.2) is 0 Å². The third-order valence-electron chi connectivity index (χ3n) is 13.3. The first-order valence-electron chi connectivity index (χ1n) is 17.1. The molecule has 0 aromatic heterocycles. The molecule has 11 unspecified atom stereocenters. The van der Waals surface area contributed by atoms with Crippen molar-refractivity contribution in [2.75, 3.05) is 19.6 Å². The van der Waals surface area contributed by atoms with Gasteiger partial charge in [-0.2, -0.15) is 5.12 Å². The van der Waals surface area contributed by atoms with Crippen LogP contribution in [0.4, 0.5) is 0 Å². The Morgan fingerprint density at radius 1 is 0.444 bits per heavy atom. The van der Waals surface area contributed by atoms with E-state index in [4.69, 9.17) is 0 Å². The maximum atomic E-state index is 3.97. The molecule has 6 bridgehead atoms. The normalized spacial score (nSPS) is 50.5. The summed E-state index contributed by atoms with van der Waals surface area (Å²) in [6.45, 7) is 3.91. The molecule has 3 heteroatoms. The second-order valence-electron chi connectivity index (χ2n) is 14.9. The number of hydrogen-bond acceptors (Lipinski definition) is 3. The number of rotatable bonds is 0. The zero-order chi connectivity index (χ0) is 23.9. The van der Waals surface area contributed by atoms with E-state index in [9.17, 15) is 0 Å². The average molecular weight is 496 g/mol. The maximum Gasteiger partial charge on any atom is 0.0434 e. The van der Waals surface area contributed by atoms with Gasteiger partial charge in [-0.15, -0.1) is 0 Å². The van der Waals surface area contributed by atoms with Gasteiger partial charge in [0, 0.05) is 25.7 Å². The van der Waals surface area contributed by atoms with Crippen LogP contribution >= 0.6 is 0 Å². The molecule has 0 aromatic rings. The van der Waals surface area contributed by atoms with E-state index < -0.39 is 0 Å². The van der Waals surface area contributed by atoms with E-state index in [1.165, 1.54) is 96.7 Å². The van der Waals surface area contributed by atoms with Crippen LogP contribution in [0.1, 0.15) is 128 Å². The Kier molecular flexibility index (Phi) is 7.72. The quantitative estimate of drug-likeness (QED) is 0.369. The van der Waals surface area contributed by atoms with Crippen molar-refractivity contribution in [2.24, 2.45) is 53.3 Å². The summed E-state index contributed by atoms with van der Waals surface area (Å²) in [5.41, 5.74) is 3.97. The lowest BCUT2D eigenvalue weighted by molar-refractivity contribution is -0.165. The van der Waals surface area contributed by atoms with Gasteiger partial charge in [-0.1, -0.05) is 89.9 Å². The van der Waals surface area contributed by atoms with Gasteiger partial charge in [0.1, 0.15) is 0 Å². The van der Waals surface area contributed by atoms with E-state index in [0.717, 1.165) is 59.3 Å². The van der Waals surface area contributed by atoms with Gasteiger partial charge in [-0.05, 0) is 91.8 Å². The maximum absolute atomic E-state index is 3.97. The van der Waals surface area contributed by atoms with E-state index in [-0.39, 0.29) is 0 Å². The first-order chi connectivity index (χ1) is 17.8. The van der Waals surface area contributed by atoms with Crippen LogP contribution < -0.4 is 5.43 Å². The fourth-order valence-corrected chi connectivity index (χ4v) is 11.5. The molecule has 0 radical (unpaired) electrons. The number of fused-ring (bicyclic) bond motifs is 8. The Balaban J connectivity index is 1.13. The molecule has 7 aliphatic rings. The van der Waals surface area contributed by atoms with Crippen LogP contribution in [0.5, 0.6) is 0 Å². The van der Waals surface area contributed by atoms with Gasteiger partial charge in [0.2, 0.25) is 0 Å². The third kappa shape index (κ3) is 4.97. The Hall–Kier alpha value is -0.120. The standard InChI is InChI=1S/C33H57N3/c1-2-8-24-10-4-5-15-31(24)28-14-7-13-27(20-28)30-21-29-16-18-34-36(33(29)22-30)35-19-17-26-12-6-11-25(9-3-1)32(26)23-35/h24-34H,1-23H2. The molecule has 7 rings (SSSR count). The van der Waals surface area contributed by atoms with Gasteiger partial charge in [0.15, 0.2) is 0 Å². The molecule has 4 aliphatic carbocycles. The van der Waals surface area contributed by atoms with E-state index >= 15 is 0 Å². The van der Waals surface area contributed by atoms with Crippen LogP contribution in [0, 0.1) is 53.3 Å². The Labute approximate surface area is 222 Å². The minimum atomic E-state index is 0.795. The average Bonchev–Trinajstić information content (AvgIpc) is 3.37. The van der Waals surface area contributed by atoms with Crippen LogP contribution in [0.3, 0.4) is 0 Å². The van der Waals surface area contributed by atoms with Crippen molar-refractivity contribution in [3.63, 3.8) is 0 Å². The number of hydrazine groups is 2. The second kappa shape index (κ2) is 11.2. The van der Waals surface area contributed by atoms with Crippen LogP contribution in [-0.2, 0) is 0 Å². The van der Waals surface area contributed by atoms with Crippen LogP contribution in [0.25, 0.3) is 0 Å². The molecule has 36 heavy (non-hydrogen) atoms. The van der Waals surface area contributed by atoms with E-state index in [2.05, 4.69) is 15.6 Å². The van der Waals surface area contributed by atoms with Gasteiger partial charge < -0.3 is 0 Å². The highest BCUT2D eigenvalue weighted by Gasteiger charge is 2.48. The van der Waals surface area contributed by atoms with Gasteiger partial charge in [-0.3, -0.25) is 0 Å². The van der Waals surface area contributed by atoms with Crippen molar-refractivity contribution in [1.29, 1.82) is 0 Å². The predicted octanol–water partition coefficient (Wildman–Crippen LogP) is 7.82. The van der Waals surface area contributed by atoms with Crippen molar-refractivity contribution in [3.8, 4) is 0 Å². The molecule has 1 N–H and O–H groups in total. The molecule has 0 aromatic carbocycles. The zero-order valence-electron chi connectivity index (χ0n) is 23.4. The van der Waals surface area contributed by atoms with Gasteiger partial charge in [0.05, 0.1) is 0 Å². The highest BCUT2D eigenvalue weighted by molar-refractivity contribution is 4.97. The van der Waals surface area contributed by atoms with Gasteiger partial charge in [-0.25, -0.2) is 10.4 Å². The smallest absolute Gasteiger partial charge is 0.0434 e. The van der Waals surface area contributed by atoms with E-state index in [1.807, 2.05) is 0 Å². The Morgan fingerprint density at radius 2 is 1.08 bits per heavy atom. The Morgan fingerprint density at radius 3 is 1.94 bits per heavy atom. The van der Waals surface area contributed by atoms with Crippen molar-refractivity contribution >= 4 is 0 Å². The molecule has 4 saturated carbocycles. The largest absolute Gasteiger partial charge is 0.241 e. The van der Waals surface area contributed by atoms with Crippen LogP contribution in [0.2, 0.25) is 0 Å². The van der Waals surface area contributed by atoms with Gasteiger partial charge in [0.25, 0.3) is 0 Å². The highest BCUT2D eigenvalue weighted by Crippen LogP contribution is 2.51. The molecule has 3 heterocycles. The molecular weight excluding hydrogens is 438 g/mol. The SMILES string of the molecule is C1CCC2CCCCC2C2CCCC(C2)C2CC3CCNN(C3C2)N2CCC3CCCC(CC1)C3C2. The molecule has 3 aliphatic heterocycles. The highest BCUT2D eigenvalue weighted by atomic mass is 15.8. The molecule has 0 amide bonds. The molecule has 11 atom stereocenters. The fourth-order valence-electron chi connectivity index (χ4n) is 11.5. The minimum absolute atomic E-state index is 0.795. The number of nitrogens with zero attached hydrogens (tertiary/aromatic N) is 2. The number of piperidine rings is 1. The zero-order valence-corrected chi connectivity index (χ0v) is 23.4.